The van der Waals surface area contributed by atoms with Gasteiger partial charge in [0.1, 0.15) is 17.6 Å². The third-order valence-electron chi connectivity index (χ3n) is 4.61. The first-order chi connectivity index (χ1) is 13.3. The number of amides is 2. The first-order valence-corrected chi connectivity index (χ1v) is 9.21. The normalized spacial score (nSPS) is 16.8. The van der Waals surface area contributed by atoms with Crippen LogP contribution in [0.3, 0.4) is 0 Å². The topological polar surface area (TPSA) is 62.7 Å². The van der Waals surface area contributed by atoms with E-state index in [4.69, 9.17) is 16.3 Å². The maximum atomic E-state index is 13.4. The quantitative estimate of drug-likeness (QED) is 0.787. The first kappa shape index (κ1) is 20.2. The summed E-state index contributed by atoms with van der Waals surface area (Å²) in [5.74, 6) is -0.902. The van der Waals surface area contributed by atoms with Crippen molar-refractivity contribution < 1.29 is 18.7 Å². The molecule has 3 rings (SSSR count). The van der Waals surface area contributed by atoms with Crippen molar-refractivity contribution >= 4 is 23.4 Å². The molecule has 2 aromatic rings. The van der Waals surface area contributed by atoms with Crippen LogP contribution in [0.2, 0.25) is 5.02 Å². The van der Waals surface area contributed by atoms with Crippen molar-refractivity contribution in [3.05, 3.63) is 63.7 Å². The van der Waals surface area contributed by atoms with Gasteiger partial charge >= 0.3 is 0 Å². The van der Waals surface area contributed by atoms with Crippen LogP contribution in [0, 0.1) is 12.7 Å². The van der Waals surface area contributed by atoms with Gasteiger partial charge in [-0.3, -0.25) is 9.59 Å². The maximum Gasteiger partial charge on any atom is 0.271 e. The fraction of sp³-hybridized carbons (Fsp3) is 0.350. The molecule has 0 bridgehead atoms. The number of hydrogen-bond donors (Lipinski definition) is 0. The Bertz CT molecular complexity index is 920. The number of aryl methyl sites for hydroxylation is 1. The molecular weight excluding hydrogens is 385 g/mol. The van der Waals surface area contributed by atoms with Gasteiger partial charge in [-0.15, -0.1) is 0 Å². The number of nitrogens with zero attached hydrogens (tertiary/aromatic N) is 3. The zero-order chi connectivity index (χ0) is 20.4. The number of benzene rings is 1. The summed E-state index contributed by atoms with van der Waals surface area (Å²) in [5.41, 5.74) is 1.93. The van der Waals surface area contributed by atoms with Crippen LogP contribution in [0.1, 0.15) is 38.2 Å². The first-order valence-electron chi connectivity index (χ1n) is 8.83. The molecule has 0 N–H and O–H groups in total. The van der Waals surface area contributed by atoms with E-state index in [1.807, 2.05) is 0 Å². The number of aromatic nitrogens is 1. The number of ether oxygens (including phenoxy) is 1. The Morgan fingerprint density at radius 3 is 2.68 bits per heavy atom. The number of pyridine rings is 1. The third-order valence-corrected chi connectivity index (χ3v) is 4.90. The van der Waals surface area contributed by atoms with Gasteiger partial charge in [0.05, 0.1) is 29.4 Å². The molecule has 1 aromatic heterocycles. The van der Waals surface area contributed by atoms with Gasteiger partial charge in [0.25, 0.3) is 11.8 Å². The molecule has 0 spiro atoms. The summed E-state index contributed by atoms with van der Waals surface area (Å²) in [6, 6.07) is 7.59. The Morgan fingerprint density at radius 1 is 1.29 bits per heavy atom. The van der Waals surface area contributed by atoms with Gasteiger partial charge in [-0.25, -0.2) is 9.37 Å². The molecule has 28 heavy (non-hydrogen) atoms. The molecule has 6 nitrogen and oxygen atoms in total. The van der Waals surface area contributed by atoms with Crippen molar-refractivity contribution in [2.75, 3.05) is 33.8 Å². The molecule has 148 valence electrons. The Balaban J connectivity index is 1.78. The predicted octanol–water partition coefficient (Wildman–Crippen LogP) is 3.10. The van der Waals surface area contributed by atoms with E-state index in [1.165, 1.54) is 17.0 Å². The van der Waals surface area contributed by atoms with Crippen LogP contribution in [0.5, 0.6) is 0 Å². The highest BCUT2D eigenvalue weighted by Gasteiger charge is 2.28. The SMILES string of the molecule is Cc1nc(C(=O)N(C)C)ccc1C(=O)N1CCOC(c2ccc(F)c(Cl)c2)C1. The van der Waals surface area contributed by atoms with Crippen LogP contribution in [0.25, 0.3) is 0 Å². The van der Waals surface area contributed by atoms with Crippen molar-refractivity contribution in [2.24, 2.45) is 0 Å². The number of rotatable bonds is 3. The molecule has 1 unspecified atom stereocenters. The molecule has 1 saturated heterocycles. The van der Waals surface area contributed by atoms with Crippen LogP contribution < -0.4 is 0 Å². The molecule has 0 aliphatic carbocycles. The van der Waals surface area contributed by atoms with Gasteiger partial charge in [0, 0.05) is 20.6 Å². The van der Waals surface area contributed by atoms with Crippen LogP contribution in [-0.2, 0) is 4.74 Å². The summed E-state index contributed by atoms with van der Waals surface area (Å²) in [4.78, 5) is 32.4. The van der Waals surface area contributed by atoms with Crippen molar-refractivity contribution in [3.8, 4) is 0 Å². The van der Waals surface area contributed by atoms with Gasteiger partial charge < -0.3 is 14.5 Å². The van der Waals surface area contributed by atoms with Crippen LogP contribution in [0.15, 0.2) is 30.3 Å². The summed E-state index contributed by atoms with van der Waals surface area (Å²) in [5, 5.41) is 0.0192. The molecule has 1 atom stereocenters. The highest BCUT2D eigenvalue weighted by atomic mass is 35.5. The molecule has 1 fully saturated rings. The third kappa shape index (κ3) is 4.15. The smallest absolute Gasteiger partial charge is 0.271 e. The largest absolute Gasteiger partial charge is 0.370 e. The lowest BCUT2D eigenvalue weighted by Gasteiger charge is -2.33. The van der Waals surface area contributed by atoms with Crippen molar-refractivity contribution in [1.29, 1.82) is 0 Å². The van der Waals surface area contributed by atoms with Gasteiger partial charge in [-0.2, -0.15) is 0 Å². The summed E-state index contributed by atoms with van der Waals surface area (Å²) < 4.78 is 19.1. The van der Waals surface area contributed by atoms with Crippen LogP contribution >= 0.6 is 11.6 Å². The molecule has 2 heterocycles. The zero-order valence-electron chi connectivity index (χ0n) is 15.9. The van der Waals surface area contributed by atoms with Crippen molar-refractivity contribution in [2.45, 2.75) is 13.0 Å². The molecule has 0 radical (unpaired) electrons. The summed E-state index contributed by atoms with van der Waals surface area (Å²) in [7, 11) is 3.29. The zero-order valence-corrected chi connectivity index (χ0v) is 16.7. The maximum absolute atomic E-state index is 13.4. The molecule has 2 amide bonds. The second-order valence-electron chi connectivity index (χ2n) is 6.81. The lowest BCUT2D eigenvalue weighted by atomic mass is 10.1. The number of carbonyl (C=O) groups excluding carboxylic acids is 2. The summed E-state index contributed by atoms with van der Waals surface area (Å²) in [6.07, 6.45) is -0.390. The molecule has 1 aliphatic rings. The van der Waals surface area contributed by atoms with Crippen LogP contribution in [-0.4, -0.2) is 60.4 Å². The minimum Gasteiger partial charge on any atom is -0.370 e. The molecular formula is C20H21ClFN3O3. The second kappa shape index (κ2) is 8.24. The van der Waals surface area contributed by atoms with Crippen LogP contribution in [0.4, 0.5) is 4.39 Å². The van der Waals surface area contributed by atoms with Gasteiger partial charge in [0.2, 0.25) is 0 Å². The number of halogens is 2. The highest BCUT2D eigenvalue weighted by Crippen LogP contribution is 2.27. The van der Waals surface area contributed by atoms with E-state index in [9.17, 15) is 14.0 Å². The summed E-state index contributed by atoms with van der Waals surface area (Å²) >= 11 is 5.86. The van der Waals surface area contributed by atoms with E-state index in [1.54, 1.807) is 44.1 Å². The van der Waals surface area contributed by atoms with E-state index < -0.39 is 11.9 Å². The Kier molecular flexibility index (Phi) is 5.96. The number of morpholine rings is 1. The van der Waals surface area contributed by atoms with Gasteiger partial charge in [-0.1, -0.05) is 17.7 Å². The van der Waals surface area contributed by atoms with Crippen molar-refractivity contribution in [1.82, 2.24) is 14.8 Å². The second-order valence-corrected chi connectivity index (χ2v) is 7.22. The van der Waals surface area contributed by atoms with E-state index >= 15 is 0 Å². The average molecular weight is 406 g/mol. The lowest BCUT2D eigenvalue weighted by Crippen LogP contribution is -2.42. The molecule has 8 heteroatoms. The minimum absolute atomic E-state index is 0.0192. The van der Waals surface area contributed by atoms with Gasteiger partial charge in [0.15, 0.2) is 0 Å². The number of carbonyl (C=O) groups is 2. The molecule has 1 aliphatic heterocycles. The summed E-state index contributed by atoms with van der Waals surface area (Å²) in [6.45, 7) is 2.81. The van der Waals surface area contributed by atoms with E-state index in [2.05, 4.69) is 4.98 Å². The average Bonchev–Trinajstić information content (AvgIpc) is 2.69. The Morgan fingerprint density at radius 2 is 2.04 bits per heavy atom. The molecule has 0 saturated carbocycles. The minimum atomic E-state index is -0.497. The fourth-order valence-electron chi connectivity index (χ4n) is 3.05. The molecule has 1 aromatic carbocycles. The van der Waals surface area contributed by atoms with Crippen molar-refractivity contribution in [3.63, 3.8) is 0 Å². The van der Waals surface area contributed by atoms with E-state index in [0.29, 0.717) is 42.2 Å². The lowest BCUT2D eigenvalue weighted by molar-refractivity contribution is -0.0228. The number of hydrogen-bond acceptors (Lipinski definition) is 4. The van der Waals surface area contributed by atoms with Gasteiger partial charge in [-0.05, 0) is 36.8 Å². The standard InChI is InChI=1S/C20H21ClFN3O3/c1-12-14(5-7-17(23-12)20(27)24(2)3)19(26)25-8-9-28-18(11-25)13-4-6-16(22)15(21)10-13/h4-7,10,18H,8-9,11H2,1-3H3. The monoisotopic (exact) mass is 405 g/mol. The fourth-order valence-corrected chi connectivity index (χ4v) is 3.24. The van der Waals surface area contributed by atoms with E-state index in [0.717, 1.165) is 0 Å². The predicted molar refractivity (Wildman–Crippen MR) is 103 cm³/mol. The van der Waals surface area contributed by atoms with E-state index in [-0.39, 0.29) is 16.8 Å². The highest BCUT2D eigenvalue weighted by molar-refractivity contribution is 6.30. The Labute approximate surface area is 167 Å². The Hall–Kier alpha value is -2.51.